The van der Waals surface area contributed by atoms with Crippen molar-refractivity contribution < 1.29 is 9.53 Å². The van der Waals surface area contributed by atoms with Crippen LogP contribution in [0.3, 0.4) is 0 Å². The normalized spacial score (nSPS) is 32.6. The largest absolute Gasteiger partial charge is 0.379 e. The molecule has 27 heavy (non-hydrogen) atoms. The zero-order valence-corrected chi connectivity index (χ0v) is 17.8. The van der Waals surface area contributed by atoms with Crippen molar-refractivity contribution in [3.05, 3.63) is 29.3 Å². The maximum Gasteiger partial charge on any atom is 0.251 e. The Balaban J connectivity index is 1.50. The molecule has 1 heterocycles. The number of ether oxygens (including phenoxy) is 1. The molecule has 148 valence electrons. The summed E-state index contributed by atoms with van der Waals surface area (Å²) >= 11 is 1.75. The molecule has 1 saturated heterocycles. The number of hydrogen-bond donors (Lipinski definition) is 1. The van der Waals surface area contributed by atoms with Crippen LogP contribution in [0.15, 0.2) is 23.1 Å². The number of amides is 1. The Morgan fingerprint density at radius 2 is 2.00 bits per heavy atom. The lowest BCUT2D eigenvalue weighted by atomic mass is 9.68. The number of nitrogens with zero attached hydrogens (tertiary/aromatic N) is 1. The summed E-state index contributed by atoms with van der Waals surface area (Å²) in [5.74, 6) is 0.809. The summed E-state index contributed by atoms with van der Waals surface area (Å²) in [6.07, 6.45) is 3.79. The first kappa shape index (κ1) is 19.3. The van der Waals surface area contributed by atoms with E-state index in [-0.39, 0.29) is 22.8 Å². The zero-order valence-electron chi connectivity index (χ0n) is 17.0. The van der Waals surface area contributed by atoms with Gasteiger partial charge in [0.15, 0.2) is 0 Å². The van der Waals surface area contributed by atoms with Crippen LogP contribution in [0.1, 0.15) is 56.0 Å². The molecule has 4 rings (SSSR count). The number of nitrogens with one attached hydrogen (secondary N) is 1. The second-order valence-corrected chi connectivity index (χ2v) is 10.6. The van der Waals surface area contributed by atoms with Gasteiger partial charge in [0, 0.05) is 29.6 Å². The van der Waals surface area contributed by atoms with E-state index in [0.29, 0.717) is 0 Å². The van der Waals surface area contributed by atoms with Crippen LogP contribution in [0.2, 0.25) is 0 Å². The quantitative estimate of drug-likeness (QED) is 0.782. The van der Waals surface area contributed by atoms with Crippen LogP contribution in [-0.2, 0) is 4.74 Å². The first-order valence-corrected chi connectivity index (χ1v) is 11.0. The molecule has 0 spiro atoms. The van der Waals surface area contributed by atoms with Crippen LogP contribution in [0.4, 0.5) is 0 Å². The highest BCUT2D eigenvalue weighted by atomic mass is 32.2. The van der Waals surface area contributed by atoms with Crippen molar-refractivity contribution >= 4 is 17.9 Å². The number of aryl methyl sites for hydroxylation is 1. The lowest BCUT2D eigenvalue weighted by molar-refractivity contribution is 0.0737. The van der Waals surface area contributed by atoms with E-state index in [9.17, 15) is 4.79 Å². The average Bonchev–Trinajstić information content (AvgIpc) is 3.12. The van der Waals surface area contributed by atoms with E-state index in [1.54, 1.807) is 11.9 Å². The standard InChI is InChI=1S/C22H32N2O2S/c1-15-5-6-16(13-18(15)27-24-9-11-26-12-10-24)19(25)23-20-21(2,3)17-7-8-22(20,4)14-17/h5-6,13,17,20H,7-12,14H2,1-4H3,(H,23,25). The van der Waals surface area contributed by atoms with Crippen LogP contribution in [0.5, 0.6) is 0 Å². The fourth-order valence-electron chi connectivity index (χ4n) is 5.49. The second kappa shape index (κ2) is 7.09. The molecule has 1 aromatic rings. The molecule has 1 aliphatic heterocycles. The first-order chi connectivity index (χ1) is 12.8. The summed E-state index contributed by atoms with van der Waals surface area (Å²) in [5.41, 5.74) is 2.42. The SMILES string of the molecule is Cc1ccc(C(=O)NC2C3(C)CCC(C3)C2(C)C)cc1SN1CCOCC1. The summed E-state index contributed by atoms with van der Waals surface area (Å²) in [4.78, 5) is 14.3. The zero-order chi connectivity index (χ0) is 19.2. The van der Waals surface area contributed by atoms with Crippen molar-refractivity contribution in [3.63, 3.8) is 0 Å². The van der Waals surface area contributed by atoms with Crippen LogP contribution in [0.25, 0.3) is 0 Å². The number of rotatable bonds is 4. The molecule has 3 atom stereocenters. The van der Waals surface area contributed by atoms with Gasteiger partial charge >= 0.3 is 0 Å². The van der Waals surface area contributed by atoms with Gasteiger partial charge in [-0.25, -0.2) is 4.31 Å². The molecule has 2 saturated carbocycles. The van der Waals surface area contributed by atoms with Crippen molar-refractivity contribution in [2.24, 2.45) is 16.7 Å². The third-order valence-corrected chi connectivity index (χ3v) is 8.45. The molecule has 2 bridgehead atoms. The number of carbonyl (C=O) groups excluding carboxylic acids is 1. The number of morpholine rings is 1. The van der Waals surface area contributed by atoms with Crippen molar-refractivity contribution in [3.8, 4) is 0 Å². The monoisotopic (exact) mass is 388 g/mol. The maximum atomic E-state index is 13.1. The molecule has 1 N–H and O–H groups in total. The number of fused-ring (bicyclic) bond motifs is 2. The van der Waals surface area contributed by atoms with Gasteiger partial charge in [0.25, 0.3) is 5.91 Å². The van der Waals surface area contributed by atoms with Gasteiger partial charge in [0.1, 0.15) is 0 Å². The van der Waals surface area contributed by atoms with Crippen molar-refractivity contribution in [1.82, 2.24) is 9.62 Å². The Labute approximate surface area is 167 Å². The summed E-state index contributed by atoms with van der Waals surface area (Å²) in [7, 11) is 0. The minimum atomic E-state index is 0.0747. The van der Waals surface area contributed by atoms with Gasteiger partial charge < -0.3 is 10.1 Å². The number of benzene rings is 1. The van der Waals surface area contributed by atoms with E-state index in [2.05, 4.69) is 49.4 Å². The predicted molar refractivity (Wildman–Crippen MR) is 110 cm³/mol. The summed E-state index contributed by atoms with van der Waals surface area (Å²) in [6, 6.07) is 6.36. The average molecular weight is 389 g/mol. The van der Waals surface area contributed by atoms with Crippen LogP contribution >= 0.6 is 11.9 Å². The number of hydrogen-bond acceptors (Lipinski definition) is 4. The van der Waals surface area contributed by atoms with Crippen molar-refractivity contribution in [2.45, 2.75) is 57.9 Å². The summed E-state index contributed by atoms with van der Waals surface area (Å²) < 4.78 is 7.76. The van der Waals surface area contributed by atoms with Gasteiger partial charge in [-0.1, -0.05) is 26.8 Å². The predicted octanol–water partition coefficient (Wildman–Crippen LogP) is 4.28. The molecular weight excluding hydrogens is 356 g/mol. The fraction of sp³-hybridized carbons (Fsp3) is 0.682. The van der Waals surface area contributed by atoms with E-state index < -0.39 is 0 Å². The smallest absolute Gasteiger partial charge is 0.251 e. The molecule has 0 radical (unpaired) electrons. The highest BCUT2D eigenvalue weighted by Crippen LogP contribution is 2.62. The molecule has 3 aliphatic rings. The molecule has 0 aromatic heterocycles. The van der Waals surface area contributed by atoms with Gasteiger partial charge in [-0.2, -0.15) is 0 Å². The lowest BCUT2D eigenvalue weighted by Gasteiger charge is -2.43. The highest BCUT2D eigenvalue weighted by molar-refractivity contribution is 7.97. The van der Waals surface area contributed by atoms with Gasteiger partial charge in [-0.3, -0.25) is 4.79 Å². The molecule has 3 fully saturated rings. The third-order valence-electron chi connectivity index (χ3n) is 7.19. The molecule has 4 nitrogen and oxygen atoms in total. The van der Waals surface area contributed by atoms with E-state index in [4.69, 9.17) is 4.74 Å². The Kier molecular flexibility index (Phi) is 5.06. The highest BCUT2D eigenvalue weighted by Gasteiger charge is 2.59. The molecular formula is C22H32N2O2S. The van der Waals surface area contributed by atoms with Gasteiger partial charge in [-0.15, -0.1) is 0 Å². The van der Waals surface area contributed by atoms with Gasteiger partial charge in [0.05, 0.1) is 13.2 Å². The second-order valence-electron chi connectivity index (χ2n) is 9.43. The minimum Gasteiger partial charge on any atom is -0.379 e. The number of carbonyl (C=O) groups is 1. The Morgan fingerprint density at radius 1 is 1.26 bits per heavy atom. The molecule has 1 amide bonds. The first-order valence-electron chi connectivity index (χ1n) is 10.2. The van der Waals surface area contributed by atoms with Gasteiger partial charge in [0.2, 0.25) is 0 Å². The van der Waals surface area contributed by atoms with E-state index in [1.807, 2.05) is 6.07 Å². The van der Waals surface area contributed by atoms with Crippen molar-refractivity contribution in [2.75, 3.05) is 26.3 Å². The fourth-order valence-corrected chi connectivity index (χ4v) is 6.49. The Morgan fingerprint density at radius 3 is 2.67 bits per heavy atom. The minimum absolute atomic E-state index is 0.0747. The summed E-state index contributed by atoms with van der Waals surface area (Å²) in [5, 5.41) is 3.43. The van der Waals surface area contributed by atoms with Crippen LogP contribution in [0, 0.1) is 23.7 Å². The maximum absolute atomic E-state index is 13.1. The van der Waals surface area contributed by atoms with E-state index >= 15 is 0 Å². The summed E-state index contributed by atoms with van der Waals surface area (Å²) in [6.45, 7) is 12.6. The third kappa shape index (κ3) is 3.54. The Bertz CT molecular complexity index is 724. The van der Waals surface area contributed by atoms with E-state index in [0.717, 1.165) is 37.8 Å². The van der Waals surface area contributed by atoms with Crippen molar-refractivity contribution in [1.29, 1.82) is 0 Å². The molecule has 2 aliphatic carbocycles. The lowest BCUT2D eigenvalue weighted by Crippen LogP contribution is -2.52. The Hall–Kier alpha value is -1.04. The molecule has 1 aromatic carbocycles. The van der Waals surface area contributed by atoms with Gasteiger partial charge in [-0.05, 0) is 72.6 Å². The van der Waals surface area contributed by atoms with Crippen LogP contribution < -0.4 is 5.32 Å². The molecule has 5 heteroatoms. The van der Waals surface area contributed by atoms with E-state index in [1.165, 1.54) is 29.7 Å². The molecule has 3 unspecified atom stereocenters. The van der Waals surface area contributed by atoms with Crippen LogP contribution in [-0.4, -0.2) is 42.6 Å². The topological polar surface area (TPSA) is 41.6 Å².